The molecule has 19 heavy (non-hydrogen) atoms. The minimum atomic E-state index is -0.300. The Labute approximate surface area is 113 Å². The zero-order valence-electron chi connectivity index (χ0n) is 11.5. The molecule has 0 radical (unpaired) electrons. The second-order valence-corrected chi connectivity index (χ2v) is 4.88. The summed E-state index contributed by atoms with van der Waals surface area (Å²) in [6.07, 6.45) is 1.05. The van der Waals surface area contributed by atoms with Gasteiger partial charge in [-0.1, -0.05) is 6.92 Å². The number of hydrogen-bond donors (Lipinski definition) is 0. The van der Waals surface area contributed by atoms with Crippen molar-refractivity contribution >= 4 is 5.97 Å². The highest BCUT2D eigenvalue weighted by molar-refractivity contribution is 5.89. The van der Waals surface area contributed by atoms with Gasteiger partial charge in [-0.15, -0.1) is 0 Å². The first kappa shape index (κ1) is 13.9. The maximum absolute atomic E-state index is 11.5. The van der Waals surface area contributed by atoms with Crippen molar-refractivity contribution in [2.45, 2.75) is 20.3 Å². The smallest absolute Gasteiger partial charge is 0.338 e. The van der Waals surface area contributed by atoms with Crippen molar-refractivity contribution < 1.29 is 19.0 Å². The molecule has 1 fully saturated rings. The van der Waals surface area contributed by atoms with E-state index in [1.807, 2.05) is 0 Å². The lowest BCUT2D eigenvalue weighted by Gasteiger charge is -2.40. The molecule has 0 N–H and O–H groups in total. The molecule has 1 aliphatic rings. The fraction of sp³-hybridized carbons (Fsp3) is 0.533. The molecule has 2 rings (SSSR count). The van der Waals surface area contributed by atoms with Gasteiger partial charge in [0.05, 0.1) is 37.4 Å². The first-order chi connectivity index (χ1) is 9.19. The van der Waals surface area contributed by atoms with Gasteiger partial charge in [0.15, 0.2) is 0 Å². The van der Waals surface area contributed by atoms with Crippen LogP contribution in [0.2, 0.25) is 0 Å². The van der Waals surface area contributed by atoms with Gasteiger partial charge in [0.25, 0.3) is 0 Å². The lowest BCUT2D eigenvalue weighted by atomic mass is 9.84. The molecule has 1 aromatic carbocycles. The van der Waals surface area contributed by atoms with Crippen molar-refractivity contribution in [1.29, 1.82) is 0 Å². The zero-order chi connectivity index (χ0) is 13.7. The molecule has 4 nitrogen and oxygen atoms in total. The van der Waals surface area contributed by atoms with Crippen molar-refractivity contribution in [3.63, 3.8) is 0 Å². The first-order valence-electron chi connectivity index (χ1n) is 6.67. The van der Waals surface area contributed by atoms with Gasteiger partial charge in [-0.25, -0.2) is 4.79 Å². The normalized spacial score (nSPS) is 16.5. The Morgan fingerprint density at radius 2 is 1.95 bits per heavy atom. The molecule has 104 valence electrons. The van der Waals surface area contributed by atoms with Gasteiger partial charge in [0, 0.05) is 0 Å². The molecule has 0 bridgehead atoms. The number of ether oxygens (including phenoxy) is 3. The third kappa shape index (κ3) is 3.26. The van der Waals surface area contributed by atoms with E-state index in [0.717, 1.165) is 25.4 Å². The van der Waals surface area contributed by atoms with Crippen molar-refractivity contribution in [1.82, 2.24) is 0 Å². The molecule has 4 heteroatoms. The first-order valence-corrected chi connectivity index (χ1v) is 6.67. The number of carbonyl (C=O) groups is 1. The van der Waals surface area contributed by atoms with E-state index < -0.39 is 0 Å². The Hall–Kier alpha value is -1.55. The number of hydrogen-bond acceptors (Lipinski definition) is 4. The van der Waals surface area contributed by atoms with Crippen LogP contribution in [0.15, 0.2) is 24.3 Å². The fourth-order valence-corrected chi connectivity index (χ4v) is 1.92. The maximum atomic E-state index is 11.5. The van der Waals surface area contributed by atoms with E-state index in [9.17, 15) is 4.79 Å². The van der Waals surface area contributed by atoms with E-state index in [4.69, 9.17) is 14.2 Å². The van der Waals surface area contributed by atoms with Crippen LogP contribution in [0.25, 0.3) is 0 Å². The van der Waals surface area contributed by atoms with Gasteiger partial charge in [0.1, 0.15) is 5.75 Å². The maximum Gasteiger partial charge on any atom is 0.338 e. The molecule has 1 aromatic rings. The van der Waals surface area contributed by atoms with E-state index in [0.29, 0.717) is 18.8 Å². The molecule has 1 aliphatic heterocycles. The Morgan fingerprint density at radius 1 is 1.26 bits per heavy atom. The van der Waals surface area contributed by atoms with Gasteiger partial charge in [-0.3, -0.25) is 0 Å². The highest BCUT2D eigenvalue weighted by Crippen LogP contribution is 2.31. The van der Waals surface area contributed by atoms with Crippen LogP contribution in [-0.4, -0.2) is 32.4 Å². The van der Waals surface area contributed by atoms with Crippen LogP contribution in [-0.2, 0) is 9.47 Å². The summed E-state index contributed by atoms with van der Waals surface area (Å²) in [5, 5.41) is 0. The molecule has 0 amide bonds. The molecule has 1 heterocycles. The zero-order valence-corrected chi connectivity index (χ0v) is 11.5. The van der Waals surface area contributed by atoms with Crippen LogP contribution in [0.4, 0.5) is 0 Å². The summed E-state index contributed by atoms with van der Waals surface area (Å²) < 4.78 is 16.0. The van der Waals surface area contributed by atoms with Crippen LogP contribution in [0, 0.1) is 5.41 Å². The molecule has 0 saturated carbocycles. The van der Waals surface area contributed by atoms with Crippen LogP contribution >= 0.6 is 0 Å². The monoisotopic (exact) mass is 264 g/mol. The topological polar surface area (TPSA) is 44.8 Å². The molecule has 0 aromatic heterocycles. The summed E-state index contributed by atoms with van der Waals surface area (Å²) in [7, 11) is 0. The molecule has 1 saturated heterocycles. The second kappa shape index (κ2) is 6.06. The largest absolute Gasteiger partial charge is 0.493 e. The number of rotatable bonds is 6. The average Bonchev–Trinajstić information content (AvgIpc) is 2.39. The third-order valence-electron chi connectivity index (χ3n) is 3.48. The summed E-state index contributed by atoms with van der Waals surface area (Å²) in [4.78, 5) is 11.5. The van der Waals surface area contributed by atoms with Crippen LogP contribution in [0.3, 0.4) is 0 Å². The molecule has 0 unspecified atom stereocenters. The van der Waals surface area contributed by atoms with Crippen LogP contribution in [0.5, 0.6) is 5.75 Å². The lowest BCUT2D eigenvalue weighted by Crippen LogP contribution is -2.46. The average molecular weight is 264 g/mol. The van der Waals surface area contributed by atoms with E-state index in [2.05, 4.69) is 6.92 Å². The van der Waals surface area contributed by atoms with Crippen molar-refractivity contribution in [3.05, 3.63) is 29.8 Å². The highest BCUT2D eigenvalue weighted by Gasteiger charge is 2.37. The van der Waals surface area contributed by atoms with Crippen molar-refractivity contribution in [2.24, 2.45) is 5.41 Å². The van der Waals surface area contributed by atoms with E-state index in [-0.39, 0.29) is 11.4 Å². The summed E-state index contributed by atoms with van der Waals surface area (Å²) in [6.45, 7) is 6.52. The summed E-state index contributed by atoms with van der Waals surface area (Å²) in [6, 6.07) is 7.05. The standard InChI is InChI=1S/C15H20O4/c1-3-15(9-17-10-15)11-19-13-7-5-12(6-8-13)14(16)18-4-2/h5-8H,3-4,9-11H2,1-2H3. The second-order valence-electron chi connectivity index (χ2n) is 4.88. The predicted octanol–water partition coefficient (Wildman–Crippen LogP) is 2.67. The van der Waals surface area contributed by atoms with Gasteiger partial charge < -0.3 is 14.2 Å². The predicted molar refractivity (Wildman–Crippen MR) is 71.4 cm³/mol. The van der Waals surface area contributed by atoms with Gasteiger partial charge >= 0.3 is 5.97 Å². The Kier molecular flexibility index (Phi) is 4.43. The molecule has 0 atom stereocenters. The Balaban J connectivity index is 1.90. The van der Waals surface area contributed by atoms with Crippen molar-refractivity contribution in [2.75, 3.05) is 26.4 Å². The number of carbonyl (C=O) groups excluding carboxylic acids is 1. The summed E-state index contributed by atoms with van der Waals surface area (Å²) in [5.74, 6) is 0.472. The summed E-state index contributed by atoms with van der Waals surface area (Å²) >= 11 is 0. The number of benzene rings is 1. The quantitative estimate of drug-likeness (QED) is 0.741. The van der Waals surface area contributed by atoms with Crippen LogP contribution < -0.4 is 4.74 Å². The van der Waals surface area contributed by atoms with E-state index in [1.54, 1.807) is 31.2 Å². The van der Waals surface area contributed by atoms with Gasteiger partial charge in [0.2, 0.25) is 0 Å². The highest BCUT2D eigenvalue weighted by atomic mass is 16.5. The molecular formula is C15H20O4. The fourth-order valence-electron chi connectivity index (χ4n) is 1.92. The summed E-state index contributed by atoms with van der Waals surface area (Å²) in [5.41, 5.74) is 0.714. The SMILES string of the molecule is CCOC(=O)c1ccc(OCC2(CC)COC2)cc1. The third-order valence-corrected chi connectivity index (χ3v) is 3.48. The van der Waals surface area contributed by atoms with Crippen molar-refractivity contribution in [3.8, 4) is 5.75 Å². The number of esters is 1. The van der Waals surface area contributed by atoms with E-state index >= 15 is 0 Å². The van der Waals surface area contributed by atoms with Gasteiger partial charge in [-0.2, -0.15) is 0 Å². The Bertz CT molecular complexity index is 415. The van der Waals surface area contributed by atoms with Gasteiger partial charge in [-0.05, 0) is 37.6 Å². The minimum absolute atomic E-state index is 0.166. The molecule has 0 spiro atoms. The van der Waals surface area contributed by atoms with E-state index in [1.165, 1.54) is 0 Å². The van der Waals surface area contributed by atoms with Crippen LogP contribution in [0.1, 0.15) is 30.6 Å². The molecular weight excluding hydrogens is 244 g/mol. The lowest BCUT2D eigenvalue weighted by molar-refractivity contribution is -0.133. The minimum Gasteiger partial charge on any atom is -0.493 e. The molecule has 0 aliphatic carbocycles. The Morgan fingerprint density at radius 3 is 2.42 bits per heavy atom.